The second-order valence-electron chi connectivity index (χ2n) is 9.89. The average Bonchev–Trinajstić information content (AvgIpc) is 3.18. The topological polar surface area (TPSA) is 107 Å². The number of hydrogen-bond acceptors (Lipinski definition) is 6. The minimum Gasteiger partial charge on any atom is -0.593 e. The van der Waals surface area contributed by atoms with Gasteiger partial charge < -0.3 is 14.0 Å². The molecule has 2 aliphatic heterocycles. The lowest BCUT2D eigenvalue weighted by molar-refractivity contribution is 0.236. The van der Waals surface area contributed by atoms with Crippen molar-refractivity contribution in [3.8, 4) is 11.5 Å². The molecule has 2 atom stereocenters. The van der Waals surface area contributed by atoms with E-state index in [2.05, 4.69) is 5.32 Å². The van der Waals surface area contributed by atoms with Gasteiger partial charge in [-0.3, -0.25) is 15.2 Å². The van der Waals surface area contributed by atoms with Gasteiger partial charge in [0.05, 0.1) is 32.5 Å². The van der Waals surface area contributed by atoms with Crippen molar-refractivity contribution in [1.29, 1.82) is 0 Å². The molecule has 10 heteroatoms. The van der Waals surface area contributed by atoms with E-state index in [1.54, 1.807) is 36.3 Å². The molecule has 2 saturated heterocycles. The van der Waals surface area contributed by atoms with Crippen LogP contribution in [-0.4, -0.2) is 59.6 Å². The van der Waals surface area contributed by atoms with Crippen molar-refractivity contribution in [2.45, 2.75) is 61.4 Å². The number of amidine groups is 1. The minimum atomic E-state index is -3.84. The van der Waals surface area contributed by atoms with E-state index in [-0.39, 0.29) is 23.5 Å². The van der Waals surface area contributed by atoms with E-state index in [9.17, 15) is 13.6 Å². The van der Waals surface area contributed by atoms with Crippen LogP contribution in [0, 0.1) is 0 Å². The van der Waals surface area contributed by atoms with Gasteiger partial charge in [0.1, 0.15) is 22.9 Å². The molecule has 0 aromatic heterocycles. The molecule has 2 unspecified atom stereocenters. The van der Waals surface area contributed by atoms with E-state index >= 15 is 0 Å². The van der Waals surface area contributed by atoms with Gasteiger partial charge in [-0.15, -0.1) is 4.31 Å². The molecular weight excluding hydrogens is 492 g/mol. The lowest BCUT2D eigenvalue weighted by atomic mass is 9.87. The van der Waals surface area contributed by atoms with E-state index in [0.29, 0.717) is 42.4 Å². The van der Waals surface area contributed by atoms with Gasteiger partial charge in [0.2, 0.25) is 0 Å². The number of methoxy groups -OCH3 is 2. The first-order valence-electron chi connectivity index (χ1n) is 12.9. The van der Waals surface area contributed by atoms with Crippen LogP contribution in [0.1, 0.15) is 44.9 Å². The summed E-state index contributed by atoms with van der Waals surface area (Å²) in [4.78, 5) is 20.4. The lowest BCUT2D eigenvalue weighted by Crippen LogP contribution is -2.62. The fourth-order valence-electron chi connectivity index (χ4n) is 5.72. The van der Waals surface area contributed by atoms with Crippen LogP contribution < -0.4 is 19.7 Å². The molecule has 0 bridgehead atoms. The maximum absolute atomic E-state index is 13.8. The summed E-state index contributed by atoms with van der Waals surface area (Å²) in [7, 11) is -0.750. The fourth-order valence-corrected chi connectivity index (χ4v) is 7.29. The molecule has 0 radical (unpaired) electrons. The van der Waals surface area contributed by atoms with Gasteiger partial charge in [-0.1, -0.05) is 35.6 Å². The Hall–Kier alpha value is -2.95. The second kappa shape index (κ2) is 10.4. The first kappa shape index (κ1) is 25.7. The normalized spacial score (nSPS) is 25.8. The van der Waals surface area contributed by atoms with E-state index in [4.69, 9.17) is 14.5 Å². The summed E-state index contributed by atoms with van der Waals surface area (Å²) in [5.74, 6) is 1.66. The first-order chi connectivity index (χ1) is 17.9. The van der Waals surface area contributed by atoms with Crippen molar-refractivity contribution in [2.75, 3.05) is 32.2 Å². The zero-order valence-electron chi connectivity index (χ0n) is 21.4. The molecule has 2 aromatic carbocycles. The molecule has 5 rings (SSSR count). The smallest absolute Gasteiger partial charge is 0.328 e. The summed E-state index contributed by atoms with van der Waals surface area (Å²) in [5, 5.41) is 3.03. The summed E-state index contributed by atoms with van der Waals surface area (Å²) in [6, 6.07) is 13.6. The summed E-state index contributed by atoms with van der Waals surface area (Å²) >= 11 is 0. The Bertz CT molecular complexity index is 1230. The van der Waals surface area contributed by atoms with Crippen LogP contribution >= 0.6 is 0 Å². The molecule has 3 aliphatic rings. The summed E-state index contributed by atoms with van der Waals surface area (Å²) in [6.07, 6.45) is 6.54. The number of aliphatic imine (C=N–C) groups is 1. The Labute approximate surface area is 219 Å². The number of nitrogens with zero attached hydrogens (tertiary/aromatic N) is 3. The van der Waals surface area contributed by atoms with Crippen LogP contribution in [0.2, 0.25) is 0 Å². The number of urea groups is 1. The number of sulfonamides is 1. The molecule has 2 aromatic rings. The van der Waals surface area contributed by atoms with Crippen molar-refractivity contribution in [1.82, 2.24) is 9.62 Å². The first-order valence-corrected chi connectivity index (χ1v) is 14.3. The van der Waals surface area contributed by atoms with E-state index < -0.39 is 15.9 Å². The van der Waals surface area contributed by atoms with Crippen LogP contribution in [0.5, 0.6) is 11.5 Å². The van der Waals surface area contributed by atoms with Gasteiger partial charge in [0, 0.05) is 18.7 Å². The summed E-state index contributed by atoms with van der Waals surface area (Å²) < 4.78 is 39.8. The van der Waals surface area contributed by atoms with Crippen LogP contribution in [0.3, 0.4) is 0 Å². The number of benzene rings is 2. The number of hydrogen-bond donors (Lipinski definition) is 1. The maximum Gasteiger partial charge on any atom is 0.328 e. The Kier molecular flexibility index (Phi) is 7.24. The van der Waals surface area contributed by atoms with Gasteiger partial charge in [0.25, 0.3) is 0 Å². The molecule has 3 fully saturated rings. The number of rotatable bonds is 6. The van der Waals surface area contributed by atoms with Crippen LogP contribution in [0.25, 0.3) is 0 Å². The third-order valence-electron chi connectivity index (χ3n) is 7.61. The minimum absolute atomic E-state index is 0.105. The SMILES string of the molecule is COc1cccc(N2C(=O)NC(=NC3CCCCC3)C23CCCN([S+](=O)([O-])c2cccc(OC)c2)C3)c1. The van der Waals surface area contributed by atoms with Gasteiger partial charge in [-0.25, -0.2) is 4.79 Å². The monoisotopic (exact) mass is 526 g/mol. The highest BCUT2D eigenvalue weighted by molar-refractivity contribution is 7.95. The number of nitrogens with one attached hydrogen (secondary N) is 1. The largest absolute Gasteiger partial charge is 0.593 e. The van der Waals surface area contributed by atoms with Crippen molar-refractivity contribution >= 4 is 28.0 Å². The summed E-state index contributed by atoms with van der Waals surface area (Å²) in [6.45, 7) is 0.464. The zero-order chi connectivity index (χ0) is 26.0. The number of piperidine rings is 1. The summed E-state index contributed by atoms with van der Waals surface area (Å²) in [5.41, 5.74) is -0.295. The average molecular weight is 527 g/mol. The molecule has 1 aliphatic carbocycles. The van der Waals surface area contributed by atoms with Crippen LogP contribution in [0.15, 0.2) is 58.4 Å². The molecule has 198 valence electrons. The number of anilines is 1. The zero-order valence-corrected chi connectivity index (χ0v) is 22.2. The van der Waals surface area contributed by atoms with E-state index in [0.717, 1.165) is 25.7 Å². The van der Waals surface area contributed by atoms with Gasteiger partial charge in [-0.2, -0.15) is 0 Å². The third-order valence-corrected chi connectivity index (χ3v) is 9.45. The Morgan fingerprint density at radius 2 is 1.73 bits per heavy atom. The maximum atomic E-state index is 13.8. The van der Waals surface area contributed by atoms with Crippen LogP contribution in [0.4, 0.5) is 10.5 Å². The Balaban J connectivity index is 1.57. The standard InChI is InChI=1S/C27H34N4O5S/c1-35-22-12-6-11-21(17-22)31-26(32)29-25(28-20-9-4-3-5-10-20)27(31)15-8-16-30(19-27)37(33,34)24-14-7-13-23(18-24)36-2/h6-7,11-14,17-18,20H,3-5,8-10,15-16,19H2,1-2H3,(H-,28,29,32,33,34). The molecular formula is C27H34N4O5S. The van der Waals surface area contributed by atoms with E-state index in [1.165, 1.54) is 23.9 Å². The molecule has 37 heavy (non-hydrogen) atoms. The second-order valence-corrected chi connectivity index (χ2v) is 11.8. The van der Waals surface area contributed by atoms with Crippen molar-refractivity contribution in [3.63, 3.8) is 0 Å². The molecule has 1 saturated carbocycles. The van der Waals surface area contributed by atoms with Gasteiger partial charge >= 0.3 is 6.03 Å². The number of carbonyl (C=O) groups excluding carboxylic acids is 1. The molecule has 1 spiro atoms. The van der Waals surface area contributed by atoms with Crippen molar-refractivity contribution in [2.24, 2.45) is 4.99 Å². The molecule has 9 nitrogen and oxygen atoms in total. The van der Waals surface area contributed by atoms with Crippen molar-refractivity contribution in [3.05, 3.63) is 48.5 Å². The Morgan fingerprint density at radius 3 is 2.46 bits per heavy atom. The highest BCUT2D eigenvalue weighted by Crippen LogP contribution is 2.41. The third kappa shape index (κ3) is 4.85. The molecule has 1 N–H and O–H groups in total. The number of amides is 2. The predicted octanol–water partition coefficient (Wildman–Crippen LogP) is 4.40. The predicted molar refractivity (Wildman–Crippen MR) is 142 cm³/mol. The number of carbonyl (C=O) groups is 1. The highest BCUT2D eigenvalue weighted by Gasteiger charge is 2.56. The van der Waals surface area contributed by atoms with E-state index in [1.807, 2.05) is 18.2 Å². The fraction of sp³-hybridized carbons (Fsp3) is 0.481. The van der Waals surface area contributed by atoms with Gasteiger partial charge in [-0.05, 0) is 49.9 Å². The van der Waals surface area contributed by atoms with Gasteiger partial charge in [0.15, 0.2) is 15.3 Å². The Morgan fingerprint density at radius 1 is 1.03 bits per heavy atom. The van der Waals surface area contributed by atoms with Crippen molar-refractivity contribution < 1.29 is 23.0 Å². The lowest BCUT2D eigenvalue weighted by Gasteiger charge is -2.44. The molecule has 2 amide bonds. The highest BCUT2D eigenvalue weighted by atomic mass is 32.3. The molecule has 2 heterocycles. The van der Waals surface area contributed by atoms with Crippen LogP contribution in [-0.2, 0) is 14.6 Å². The number of ether oxygens (including phenoxy) is 2. The quantitative estimate of drug-likeness (QED) is 0.562.